The SMILES string of the molecule is COCOc1cccc(-c2c(-c3ccnc(SC)n3)nc(-c3c(Cl)cc(OC[C@@H](O)CO)cc3Cl)n2O)c1. The van der Waals surface area contributed by atoms with E-state index in [2.05, 4.69) is 9.97 Å². The monoisotopic (exact) mass is 578 g/mol. The highest BCUT2D eigenvalue weighted by molar-refractivity contribution is 7.98. The normalized spacial score (nSPS) is 11.9. The number of hydrogen-bond donors (Lipinski definition) is 3. The lowest BCUT2D eigenvalue weighted by Crippen LogP contribution is -2.21. The van der Waals surface area contributed by atoms with E-state index in [1.165, 1.54) is 31.0 Å². The topological polar surface area (TPSA) is 132 Å². The zero-order valence-corrected chi connectivity index (χ0v) is 22.7. The number of aromatic nitrogens is 4. The molecule has 4 rings (SSSR count). The molecule has 3 N–H and O–H groups in total. The fourth-order valence-corrected chi connectivity index (χ4v) is 4.53. The average Bonchev–Trinajstić information content (AvgIpc) is 3.26. The van der Waals surface area contributed by atoms with E-state index in [9.17, 15) is 10.3 Å². The third-order valence-electron chi connectivity index (χ3n) is 5.26. The minimum atomic E-state index is -1.06. The van der Waals surface area contributed by atoms with E-state index in [0.717, 1.165) is 4.73 Å². The van der Waals surface area contributed by atoms with Crippen molar-refractivity contribution >= 4 is 35.0 Å². The second-order valence-electron chi connectivity index (χ2n) is 7.86. The summed E-state index contributed by atoms with van der Waals surface area (Å²) in [6.45, 7) is -0.553. The molecular weight excluding hydrogens is 555 g/mol. The summed E-state index contributed by atoms with van der Waals surface area (Å²) in [6, 6.07) is 11.7. The highest BCUT2D eigenvalue weighted by Gasteiger charge is 2.26. The zero-order valence-electron chi connectivity index (χ0n) is 20.3. The fraction of sp³-hybridized carbons (Fsp3) is 0.240. The van der Waals surface area contributed by atoms with Gasteiger partial charge in [0, 0.05) is 18.9 Å². The number of aliphatic hydroxyl groups is 2. The molecule has 0 aliphatic carbocycles. The van der Waals surface area contributed by atoms with Gasteiger partial charge < -0.3 is 29.6 Å². The van der Waals surface area contributed by atoms with Crippen molar-refractivity contribution in [3.8, 4) is 45.5 Å². The quantitative estimate of drug-likeness (QED) is 0.0998. The highest BCUT2D eigenvalue weighted by atomic mass is 35.5. The molecule has 0 spiro atoms. The maximum atomic E-state index is 11.4. The van der Waals surface area contributed by atoms with Crippen LogP contribution in [-0.4, -0.2) is 74.6 Å². The molecule has 2 heterocycles. The number of imidazole rings is 1. The maximum Gasteiger partial charge on any atom is 0.188 e. The summed E-state index contributed by atoms with van der Waals surface area (Å²) in [5, 5.41) is 30.8. The highest BCUT2D eigenvalue weighted by Crippen LogP contribution is 2.42. The van der Waals surface area contributed by atoms with Crippen molar-refractivity contribution < 1.29 is 29.6 Å². The first-order valence-corrected chi connectivity index (χ1v) is 13.2. The maximum absolute atomic E-state index is 11.4. The van der Waals surface area contributed by atoms with Crippen LogP contribution in [0.1, 0.15) is 0 Å². The molecule has 0 fully saturated rings. The summed E-state index contributed by atoms with van der Waals surface area (Å²) < 4.78 is 16.9. The van der Waals surface area contributed by atoms with Gasteiger partial charge >= 0.3 is 0 Å². The Balaban J connectivity index is 1.86. The van der Waals surface area contributed by atoms with Crippen molar-refractivity contribution in [2.24, 2.45) is 0 Å². The molecule has 0 saturated carbocycles. The zero-order chi connectivity index (χ0) is 27.2. The number of rotatable bonds is 11. The number of aliphatic hydroxyl groups excluding tert-OH is 2. The van der Waals surface area contributed by atoms with Crippen molar-refractivity contribution in [3.05, 3.63) is 58.7 Å². The van der Waals surface area contributed by atoms with Crippen molar-refractivity contribution in [2.75, 3.05) is 33.4 Å². The number of ether oxygens (including phenoxy) is 3. The molecule has 0 saturated heterocycles. The number of nitrogens with zero attached hydrogens (tertiary/aromatic N) is 4. The van der Waals surface area contributed by atoms with E-state index < -0.39 is 12.7 Å². The second kappa shape index (κ2) is 12.7. The van der Waals surface area contributed by atoms with Crippen LogP contribution in [0.4, 0.5) is 0 Å². The lowest BCUT2D eigenvalue weighted by Gasteiger charge is -2.13. The first-order valence-electron chi connectivity index (χ1n) is 11.2. The summed E-state index contributed by atoms with van der Waals surface area (Å²) in [5.41, 5.74) is 2.00. The van der Waals surface area contributed by atoms with Gasteiger partial charge in [0.2, 0.25) is 0 Å². The summed E-state index contributed by atoms with van der Waals surface area (Å²) in [5.74, 6) is 0.865. The van der Waals surface area contributed by atoms with Gasteiger partial charge in [-0.1, -0.05) is 47.1 Å². The van der Waals surface area contributed by atoms with Crippen molar-refractivity contribution in [2.45, 2.75) is 11.3 Å². The second-order valence-corrected chi connectivity index (χ2v) is 9.45. The van der Waals surface area contributed by atoms with Crippen LogP contribution in [0, 0.1) is 0 Å². The molecule has 1 atom stereocenters. The fourth-order valence-electron chi connectivity index (χ4n) is 3.53. The summed E-state index contributed by atoms with van der Waals surface area (Å²) in [4.78, 5) is 13.5. The van der Waals surface area contributed by atoms with E-state index in [1.807, 2.05) is 6.26 Å². The molecule has 0 aliphatic rings. The summed E-state index contributed by atoms with van der Waals surface area (Å²) in [7, 11) is 1.52. The molecule has 13 heteroatoms. The van der Waals surface area contributed by atoms with Crippen LogP contribution in [0.2, 0.25) is 10.0 Å². The molecule has 4 aromatic rings. The van der Waals surface area contributed by atoms with Crippen molar-refractivity contribution in [3.63, 3.8) is 0 Å². The average molecular weight is 579 g/mol. The van der Waals surface area contributed by atoms with Crippen LogP contribution in [0.15, 0.2) is 53.8 Å². The van der Waals surface area contributed by atoms with Crippen LogP contribution in [0.3, 0.4) is 0 Å². The largest absolute Gasteiger partial charge is 0.491 e. The number of methoxy groups -OCH3 is 1. The molecule has 38 heavy (non-hydrogen) atoms. The van der Waals surface area contributed by atoms with Crippen molar-refractivity contribution in [1.29, 1.82) is 0 Å². The third kappa shape index (κ3) is 6.15. The Morgan fingerprint density at radius 2 is 1.82 bits per heavy atom. The molecule has 200 valence electrons. The Bertz CT molecular complexity index is 1400. The number of benzene rings is 2. The lowest BCUT2D eigenvalue weighted by atomic mass is 10.1. The van der Waals surface area contributed by atoms with Gasteiger partial charge in [-0.15, -0.1) is 0 Å². The molecule has 0 unspecified atom stereocenters. The third-order valence-corrected chi connectivity index (χ3v) is 6.41. The summed E-state index contributed by atoms with van der Waals surface area (Å²) >= 11 is 14.5. The van der Waals surface area contributed by atoms with Gasteiger partial charge in [-0.2, -0.15) is 4.73 Å². The molecule has 10 nitrogen and oxygen atoms in total. The molecule has 0 radical (unpaired) electrons. The van der Waals surface area contributed by atoms with E-state index in [0.29, 0.717) is 33.6 Å². The minimum absolute atomic E-state index is 0.0535. The van der Waals surface area contributed by atoms with Crippen LogP contribution in [0.25, 0.3) is 34.0 Å². The van der Waals surface area contributed by atoms with Gasteiger partial charge in [0.1, 0.15) is 35.6 Å². The number of halogens is 2. The van der Waals surface area contributed by atoms with Gasteiger partial charge in [0.15, 0.2) is 17.8 Å². The standard InChI is InChI=1S/C25H24Cl2N4O6S/c1-35-13-37-16-5-3-4-14(8-16)23-22(20-6-7-28-25(29-20)38-2)30-24(31(23)34)21-18(26)9-17(10-19(21)27)36-12-15(33)11-32/h3-10,15,32-34H,11-13H2,1-2H3/t15-/m0/s1. The Morgan fingerprint density at radius 3 is 2.50 bits per heavy atom. The minimum Gasteiger partial charge on any atom is -0.491 e. The van der Waals surface area contributed by atoms with Crippen LogP contribution < -0.4 is 9.47 Å². The van der Waals surface area contributed by atoms with E-state index >= 15 is 0 Å². The first kappa shape index (κ1) is 28.0. The smallest absolute Gasteiger partial charge is 0.188 e. The summed E-state index contributed by atoms with van der Waals surface area (Å²) in [6.07, 6.45) is 2.41. The molecule has 2 aromatic carbocycles. The Hall–Kier alpha value is -3.06. The van der Waals surface area contributed by atoms with E-state index in [4.69, 9.17) is 47.5 Å². The Kier molecular flexibility index (Phi) is 9.31. The molecule has 0 aliphatic heterocycles. The Labute approximate surface area is 232 Å². The molecule has 2 aromatic heterocycles. The number of thioether (sulfide) groups is 1. The molecule has 0 amide bonds. The van der Waals surface area contributed by atoms with E-state index in [-0.39, 0.29) is 40.6 Å². The van der Waals surface area contributed by atoms with Gasteiger partial charge in [-0.3, -0.25) is 0 Å². The Morgan fingerprint density at radius 1 is 1.05 bits per heavy atom. The van der Waals surface area contributed by atoms with Gasteiger partial charge in [-0.05, 0) is 36.6 Å². The van der Waals surface area contributed by atoms with Crippen molar-refractivity contribution in [1.82, 2.24) is 19.7 Å². The predicted molar refractivity (Wildman–Crippen MR) is 144 cm³/mol. The van der Waals surface area contributed by atoms with Crippen LogP contribution in [0.5, 0.6) is 11.5 Å². The van der Waals surface area contributed by atoms with Crippen LogP contribution in [-0.2, 0) is 4.74 Å². The van der Waals surface area contributed by atoms with Gasteiger partial charge in [0.25, 0.3) is 0 Å². The number of hydrogen-bond acceptors (Lipinski definition) is 10. The first-order chi connectivity index (χ1) is 18.4. The van der Waals surface area contributed by atoms with Gasteiger partial charge in [0.05, 0.1) is 27.9 Å². The molecular formula is C25H24Cl2N4O6S. The van der Waals surface area contributed by atoms with E-state index in [1.54, 1.807) is 36.5 Å². The molecule has 0 bridgehead atoms. The predicted octanol–water partition coefficient (Wildman–Crippen LogP) is 4.65. The lowest BCUT2D eigenvalue weighted by molar-refractivity contribution is 0.0511. The van der Waals surface area contributed by atoms with Gasteiger partial charge in [-0.25, -0.2) is 15.0 Å². The van der Waals surface area contributed by atoms with Crippen LogP contribution >= 0.6 is 35.0 Å².